The van der Waals surface area contributed by atoms with Crippen LogP contribution in [0.1, 0.15) is 5.56 Å². The second kappa shape index (κ2) is 6.04. The molecule has 0 bridgehead atoms. The van der Waals surface area contributed by atoms with Crippen molar-refractivity contribution in [3.63, 3.8) is 0 Å². The molecule has 4 nitrogen and oxygen atoms in total. The molecule has 2 aromatic rings. The van der Waals surface area contributed by atoms with Crippen molar-refractivity contribution >= 4 is 44.2 Å². The molecule has 0 heterocycles. The van der Waals surface area contributed by atoms with Gasteiger partial charge in [-0.05, 0) is 63.1 Å². The Morgan fingerprint density at radius 2 is 2.00 bits per heavy atom. The number of hydrogen-bond acceptors (Lipinski definition) is 3. The van der Waals surface area contributed by atoms with Gasteiger partial charge in [-0.3, -0.25) is 10.1 Å². The Kier molecular flexibility index (Phi) is 4.59. The molecule has 7 heteroatoms. The number of aryl methyl sites for hydroxylation is 1. The van der Waals surface area contributed by atoms with E-state index in [0.29, 0.717) is 10.2 Å². The zero-order valence-electron chi connectivity index (χ0n) is 10.2. The fraction of sp³-hybridized carbons (Fsp3) is 0.0769. The summed E-state index contributed by atoms with van der Waals surface area (Å²) in [6.45, 7) is 1.90. The normalized spacial score (nSPS) is 10.4. The molecule has 0 saturated heterocycles. The Morgan fingerprint density at radius 3 is 2.60 bits per heavy atom. The predicted octanol–water partition coefficient (Wildman–Crippen LogP) is 5.20. The molecule has 0 aliphatic rings. The van der Waals surface area contributed by atoms with Crippen LogP contribution in [0.25, 0.3) is 0 Å². The number of rotatable bonds is 3. The summed E-state index contributed by atoms with van der Waals surface area (Å²) in [5.74, 6) is -0.300. The lowest BCUT2D eigenvalue weighted by molar-refractivity contribution is -0.385. The molecule has 0 saturated carbocycles. The fourth-order valence-electron chi connectivity index (χ4n) is 1.55. The number of nitro benzene ring substituents is 1. The fourth-order valence-corrected chi connectivity index (χ4v) is 2.57. The molecule has 0 atom stereocenters. The summed E-state index contributed by atoms with van der Waals surface area (Å²) in [6.07, 6.45) is 0. The first-order valence-electron chi connectivity index (χ1n) is 5.46. The van der Waals surface area contributed by atoms with Crippen molar-refractivity contribution in [1.29, 1.82) is 0 Å². The number of benzene rings is 2. The van der Waals surface area contributed by atoms with Crippen LogP contribution in [-0.4, -0.2) is 4.92 Å². The van der Waals surface area contributed by atoms with Gasteiger partial charge in [-0.25, -0.2) is 4.39 Å². The highest BCUT2D eigenvalue weighted by Gasteiger charge is 2.20. The molecule has 0 aromatic heterocycles. The number of halogens is 3. The zero-order chi connectivity index (χ0) is 14.9. The van der Waals surface area contributed by atoms with E-state index in [9.17, 15) is 14.5 Å². The van der Waals surface area contributed by atoms with E-state index in [4.69, 9.17) is 4.74 Å². The highest BCUT2D eigenvalue weighted by molar-refractivity contribution is 14.1. The molecule has 104 valence electrons. The van der Waals surface area contributed by atoms with E-state index in [0.717, 1.165) is 17.7 Å². The average Bonchev–Trinajstić information content (AvgIpc) is 2.36. The maximum atomic E-state index is 13.6. The molecule has 2 aromatic carbocycles. The van der Waals surface area contributed by atoms with Crippen LogP contribution >= 0.6 is 38.5 Å². The molecular formula is C13H8BrFINO3. The van der Waals surface area contributed by atoms with Crippen molar-refractivity contribution in [3.05, 3.63) is 59.9 Å². The van der Waals surface area contributed by atoms with Crippen molar-refractivity contribution in [2.45, 2.75) is 6.92 Å². The summed E-state index contributed by atoms with van der Waals surface area (Å²) in [5, 5.41) is 11.0. The summed E-state index contributed by atoms with van der Waals surface area (Å²) in [7, 11) is 0. The molecule has 0 unspecified atom stereocenters. The monoisotopic (exact) mass is 451 g/mol. The molecule has 0 aliphatic carbocycles. The molecule has 20 heavy (non-hydrogen) atoms. The van der Waals surface area contributed by atoms with Crippen LogP contribution in [0.2, 0.25) is 0 Å². The van der Waals surface area contributed by atoms with Gasteiger partial charge in [-0.15, -0.1) is 0 Å². The van der Waals surface area contributed by atoms with E-state index in [1.165, 1.54) is 0 Å². The summed E-state index contributed by atoms with van der Waals surface area (Å²) in [6, 6.07) is 7.44. The third-order valence-electron chi connectivity index (χ3n) is 2.51. The molecule has 0 spiro atoms. The summed E-state index contributed by atoms with van der Waals surface area (Å²) < 4.78 is 19.8. The molecule has 2 rings (SSSR count). The van der Waals surface area contributed by atoms with Crippen LogP contribution in [0.4, 0.5) is 10.1 Å². The average molecular weight is 452 g/mol. The highest BCUT2D eigenvalue weighted by Crippen LogP contribution is 2.37. The van der Waals surface area contributed by atoms with Gasteiger partial charge in [0.05, 0.1) is 13.0 Å². The van der Waals surface area contributed by atoms with Gasteiger partial charge in [0.1, 0.15) is 11.6 Å². The van der Waals surface area contributed by atoms with Gasteiger partial charge in [0.25, 0.3) is 0 Å². The van der Waals surface area contributed by atoms with E-state index in [1.54, 1.807) is 34.7 Å². The lowest BCUT2D eigenvalue weighted by Gasteiger charge is -2.09. The van der Waals surface area contributed by atoms with Crippen LogP contribution in [0.5, 0.6) is 11.5 Å². The first-order valence-corrected chi connectivity index (χ1v) is 7.33. The maximum absolute atomic E-state index is 13.6. The van der Waals surface area contributed by atoms with Crippen molar-refractivity contribution in [2.24, 2.45) is 0 Å². The second-order valence-electron chi connectivity index (χ2n) is 4.03. The Morgan fingerprint density at radius 1 is 1.30 bits per heavy atom. The third-order valence-corrected chi connectivity index (χ3v) is 3.95. The number of hydrogen-bond donors (Lipinski definition) is 0. The highest BCUT2D eigenvalue weighted by atomic mass is 127. The van der Waals surface area contributed by atoms with Crippen molar-refractivity contribution in [1.82, 2.24) is 0 Å². The standard InChI is InChI=1S/C13H8BrFINO3/c1-7-2-3-12(8(14)4-7)20-13-5-9(15)10(16)6-11(13)17(18)19/h2-6H,1H3. The maximum Gasteiger partial charge on any atom is 0.312 e. The third kappa shape index (κ3) is 3.26. The van der Waals surface area contributed by atoms with Gasteiger partial charge < -0.3 is 4.74 Å². The lowest BCUT2D eigenvalue weighted by atomic mass is 10.2. The number of nitrogens with zero attached hydrogens (tertiary/aromatic N) is 1. The van der Waals surface area contributed by atoms with Crippen LogP contribution < -0.4 is 4.74 Å². The van der Waals surface area contributed by atoms with Crippen LogP contribution in [0.15, 0.2) is 34.8 Å². The Hall–Kier alpha value is -1.22. The van der Waals surface area contributed by atoms with E-state index in [2.05, 4.69) is 15.9 Å². The summed E-state index contributed by atoms with van der Waals surface area (Å²) in [5.41, 5.74) is 0.732. The Labute approximate surface area is 136 Å². The van der Waals surface area contributed by atoms with Crippen LogP contribution in [0.3, 0.4) is 0 Å². The van der Waals surface area contributed by atoms with E-state index in [-0.39, 0.29) is 15.0 Å². The largest absolute Gasteiger partial charge is 0.449 e. The Balaban J connectivity index is 2.47. The molecule has 0 N–H and O–H groups in total. The predicted molar refractivity (Wildman–Crippen MR) is 84.7 cm³/mol. The smallest absolute Gasteiger partial charge is 0.312 e. The quantitative estimate of drug-likeness (QED) is 0.366. The van der Waals surface area contributed by atoms with E-state index >= 15 is 0 Å². The number of nitro groups is 1. The van der Waals surface area contributed by atoms with Crippen molar-refractivity contribution in [2.75, 3.05) is 0 Å². The van der Waals surface area contributed by atoms with Gasteiger partial charge in [0, 0.05) is 12.1 Å². The lowest BCUT2D eigenvalue weighted by Crippen LogP contribution is -1.96. The van der Waals surface area contributed by atoms with Crippen LogP contribution in [0, 0.1) is 26.4 Å². The Bertz CT molecular complexity index is 694. The summed E-state index contributed by atoms with van der Waals surface area (Å²) >= 11 is 5.01. The second-order valence-corrected chi connectivity index (χ2v) is 6.04. The van der Waals surface area contributed by atoms with Gasteiger partial charge in [0.2, 0.25) is 5.75 Å². The SMILES string of the molecule is Cc1ccc(Oc2cc(F)c(I)cc2[N+](=O)[O-])c(Br)c1. The van der Waals surface area contributed by atoms with Crippen molar-refractivity contribution < 1.29 is 14.1 Å². The van der Waals surface area contributed by atoms with Gasteiger partial charge in [-0.2, -0.15) is 0 Å². The van der Waals surface area contributed by atoms with Gasteiger partial charge >= 0.3 is 5.69 Å². The minimum atomic E-state index is -0.598. The summed E-state index contributed by atoms with van der Waals surface area (Å²) in [4.78, 5) is 10.4. The van der Waals surface area contributed by atoms with Crippen molar-refractivity contribution in [3.8, 4) is 11.5 Å². The van der Waals surface area contributed by atoms with E-state index < -0.39 is 10.7 Å². The topological polar surface area (TPSA) is 52.4 Å². The molecule has 0 fully saturated rings. The molecular weight excluding hydrogens is 444 g/mol. The van der Waals surface area contributed by atoms with Crippen LogP contribution in [-0.2, 0) is 0 Å². The molecule has 0 amide bonds. The first kappa shape index (κ1) is 15.2. The molecule has 0 radical (unpaired) electrons. The van der Waals surface area contributed by atoms with Gasteiger partial charge in [0.15, 0.2) is 0 Å². The molecule has 0 aliphatic heterocycles. The van der Waals surface area contributed by atoms with Gasteiger partial charge in [-0.1, -0.05) is 6.07 Å². The minimum absolute atomic E-state index is 0.127. The first-order chi connectivity index (χ1) is 9.38. The van der Waals surface area contributed by atoms with E-state index in [1.807, 2.05) is 13.0 Å². The zero-order valence-corrected chi connectivity index (χ0v) is 13.9. The minimum Gasteiger partial charge on any atom is -0.449 e. The number of ether oxygens (including phenoxy) is 1.